The van der Waals surface area contributed by atoms with Crippen LogP contribution in [-0.2, 0) is 0 Å². The van der Waals surface area contributed by atoms with Gasteiger partial charge in [0.25, 0.3) is 5.91 Å². The lowest BCUT2D eigenvalue weighted by Gasteiger charge is -2.05. The Bertz CT molecular complexity index is 557. The van der Waals surface area contributed by atoms with Gasteiger partial charge in [-0.25, -0.2) is 4.98 Å². The van der Waals surface area contributed by atoms with E-state index in [9.17, 15) is 9.18 Å². The Morgan fingerprint density at radius 2 is 2.00 bits per heavy atom. The van der Waals surface area contributed by atoms with Crippen LogP contribution < -0.4 is 5.32 Å². The van der Waals surface area contributed by atoms with E-state index in [4.69, 9.17) is 0 Å². The van der Waals surface area contributed by atoms with E-state index in [1.54, 1.807) is 23.9 Å². The number of amides is 1. The second-order valence-electron chi connectivity index (χ2n) is 3.55. The first kappa shape index (κ1) is 12.6. The monoisotopic (exact) mass is 262 g/mol. The molecule has 0 aliphatic carbocycles. The molecule has 0 spiro atoms. The quantitative estimate of drug-likeness (QED) is 0.682. The van der Waals surface area contributed by atoms with E-state index in [0.29, 0.717) is 5.69 Å². The number of thioether (sulfide) groups is 1. The van der Waals surface area contributed by atoms with Crippen molar-refractivity contribution in [1.82, 2.24) is 4.98 Å². The normalized spacial score (nSPS) is 10.1. The van der Waals surface area contributed by atoms with E-state index < -0.39 is 5.95 Å². The molecule has 1 heterocycles. The number of nitrogens with zero attached hydrogens (tertiary/aromatic N) is 1. The minimum atomic E-state index is -0.666. The molecule has 1 aromatic heterocycles. The highest BCUT2D eigenvalue weighted by molar-refractivity contribution is 7.98. The molecule has 0 aliphatic rings. The fourth-order valence-electron chi connectivity index (χ4n) is 1.42. The molecule has 5 heteroatoms. The summed E-state index contributed by atoms with van der Waals surface area (Å²) in [5.41, 5.74) is 0.923. The lowest BCUT2D eigenvalue weighted by molar-refractivity contribution is 0.102. The lowest BCUT2D eigenvalue weighted by atomic mass is 10.2. The number of halogens is 1. The summed E-state index contributed by atoms with van der Waals surface area (Å²) in [6.07, 6.45) is 3.24. The van der Waals surface area contributed by atoms with Crippen molar-refractivity contribution in [2.75, 3.05) is 11.6 Å². The first-order valence-corrected chi connectivity index (χ1v) is 6.48. The van der Waals surface area contributed by atoms with Gasteiger partial charge >= 0.3 is 0 Å². The van der Waals surface area contributed by atoms with Gasteiger partial charge in [0.2, 0.25) is 5.95 Å². The number of rotatable bonds is 3. The minimum Gasteiger partial charge on any atom is -0.322 e. The van der Waals surface area contributed by atoms with Crippen molar-refractivity contribution in [3.8, 4) is 0 Å². The Morgan fingerprint density at radius 1 is 1.28 bits per heavy atom. The van der Waals surface area contributed by atoms with Crippen molar-refractivity contribution in [3.05, 3.63) is 54.1 Å². The molecule has 0 aliphatic heterocycles. The van der Waals surface area contributed by atoms with Crippen LogP contribution >= 0.6 is 11.8 Å². The average molecular weight is 262 g/mol. The molecule has 2 aromatic rings. The molecule has 0 radical (unpaired) electrons. The van der Waals surface area contributed by atoms with E-state index in [1.807, 2.05) is 18.4 Å². The van der Waals surface area contributed by atoms with Crippen molar-refractivity contribution in [1.29, 1.82) is 0 Å². The van der Waals surface area contributed by atoms with Crippen molar-refractivity contribution < 1.29 is 9.18 Å². The fourth-order valence-corrected chi connectivity index (χ4v) is 1.83. The molecule has 1 amide bonds. The van der Waals surface area contributed by atoms with Crippen molar-refractivity contribution >= 4 is 23.4 Å². The third-order valence-corrected chi connectivity index (χ3v) is 3.08. The van der Waals surface area contributed by atoms with Gasteiger partial charge in [0.05, 0.1) is 0 Å². The molecular weight excluding hydrogens is 251 g/mol. The van der Waals surface area contributed by atoms with Crippen LogP contribution in [0.25, 0.3) is 0 Å². The van der Waals surface area contributed by atoms with E-state index >= 15 is 0 Å². The van der Waals surface area contributed by atoms with Gasteiger partial charge in [0.1, 0.15) is 0 Å². The van der Waals surface area contributed by atoms with Gasteiger partial charge in [-0.2, -0.15) is 4.39 Å². The highest BCUT2D eigenvalue weighted by atomic mass is 32.2. The summed E-state index contributed by atoms with van der Waals surface area (Å²) in [7, 11) is 0. The number of hydrogen-bond acceptors (Lipinski definition) is 3. The molecule has 0 fully saturated rings. The van der Waals surface area contributed by atoms with Crippen LogP contribution in [0.2, 0.25) is 0 Å². The SMILES string of the molecule is CSc1ccc(NC(=O)c2ccnc(F)c2)cc1. The Kier molecular flexibility index (Phi) is 3.94. The molecule has 0 saturated carbocycles. The third-order valence-electron chi connectivity index (χ3n) is 2.34. The smallest absolute Gasteiger partial charge is 0.255 e. The van der Waals surface area contributed by atoms with E-state index in [-0.39, 0.29) is 11.5 Å². The first-order chi connectivity index (χ1) is 8.69. The predicted octanol–water partition coefficient (Wildman–Crippen LogP) is 3.19. The highest BCUT2D eigenvalue weighted by Gasteiger charge is 2.07. The maximum absolute atomic E-state index is 12.9. The van der Waals surface area contributed by atoms with E-state index in [0.717, 1.165) is 11.0 Å². The number of carbonyl (C=O) groups is 1. The van der Waals surface area contributed by atoms with Gasteiger partial charge in [0.15, 0.2) is 0 Å². The number of benzene rings is 1. The molecule has 18 heavy (non-hydrogen) atoms. The fraction of sp³-hybridized carbons (Fsp3) is 0.0769. The van der Waals surface area contributed by atoms with Crippen LogP contribution in [0.1, 0.15) is 10.4 Å². The molecule has 0 unspecified atom stereocenters. The first-order valence-electron chi connectivity index (χ1n) is 5.26. The molecule has 1 aromatic carbocycles. The Hall–Kier alpha value is -1.88. The number of nitrogens with one attached hydrogen (secondary N) is 1. The second kappa shape index (κ2) is 5.64. The van der Waals surface area contributed by atoms with Gasteiger partial charge in [-0.05, 0) is 36.6 Å². The largest absolute Gasteiger partial charge is 0.322 e. The number of hydrogen-bond donors (Lipinski definition) is 1. The maximum atomic E-state index is 12.9. The second-order valence-corrected chi connectivity index (χ2v) is 4.43. The molecule has 0 saturated heterocycles. The topological polar surface area (TPSA) is 42.0 Å². The van der Waals surface area contributed by atoms with Crippen LogP contribution in [-0.4, -0.2) is 17.1 Å². The molecule has 1 N–H and O–H groups in total. The summed E-state index contributed by atoms with van der Waals surface area (Å²) in [5.74, 6) is -1.02. The molecule has 3 nitrogen and oxygen atoms in total. The highest BCUT2D eigenvalue weighted by Crippen LogP contribution is 2.18. The van der Waals surface area contributed by atoms with Crippen LogP contribution in [0.4, 0.5) is 10.1 Å². The Morgan fingerprint density at radius 3 is 2.61 bits per heavy atom. The van der Waals surface area contributed by atoms with E-state index in [2.05, 4.69) is 10.3 Å². The van der Waals surface area contributed by atoms with Gasteiger partial charge < -0.3 is 5.32 Å². The van der Waals surface area contributed by atoms with Gasteiger partial charge in [-0.3, -0.25) is 4.79 Å². The third kappa shape index (κ3) is 3.07. The van der Waals surface area contributed by atoms with Crippen LogP contribution in [0.3, 0.4) is 0 Å². The summed E-state index contributed by atoms with van der Waals surface area (Å²) in [6.45, 7) is 0. The van der Waals surface area contributed by atoms with E-state index in [1.165, 1.54) is 12.3 Å². The predicted molar refractivity (Wildman–Crippen MR) is 70.4 cm³/mol. The van der Waals surface area contributed by atoms with Crippen molar-refractivity contribution in [3.63, 3.8) is 0 Å². The summed E-state index contributed by atoms with van der Waals surface area (Å²) in [4.78, 5) is 16.3. The minimum absolute atomic E-state index is 0.247. The Balaban J connectivity index is 2.11. The van der Waals surface area contributed by atoms with Crippen molar-refractivity contribution in [2.45, 2.75) is 4.90 Å². The van der Waals surface area contributed by atoms with Crippen LogP contribution in [0.15, 0.2) is 47.5 Å². The summed E-state index contributed by atoms with van der Waals surface area (Å²) in [5, 5.41) is 2.69. The van der Waals surface area contributed by atoms with Gasteiger partial charge in [-0.15, -0.1) is 11.8 Å². The molecular formula is C13H11FN2OS. The number of anilines is 1. The lowest BCUT2D eigenvalue weighted by Crippen LogP contribution is -2.12. The zero-order chi connectivity index (χ0) is 13.0. The zero-order valence-corrected chi connectivity index (χ0v) is 10.5. The van der Waals surface area contributed by atoms with Gasteiger partial charge in [-0.1, -0.05) is 0 Å². The van der Waals surface area contributed by atoms with Gasteiger partial charge in [0, 0.05) is 28.4 Å². The summed E-state index contributed by atoms with van der Waals surface area (Å²) >= 11 is 1.62. The molecule has 0 atom stereocenters. The van der Waals surface area contributed by atoms with Crippen LogP contribution in [0.5, 0.6) is 0 Å². The standard InChI is InChI=1S/C13H11FN2OS/c1-18-11-4-2-10(3-5-11)16-13(17)9-6-7-15-12(14)8-9/h2-8H,1H3,(H,16,17). The zero-order valence-electron chi connectivity index (χ0n) is 9.68. The average Bonchev–Trinajstić information content (AvgIpc) is 2.39. The maximum Gasteiger partial charge on any atom is 0.255 e. The molecule has 92 valence electrons. The number of pyridine rings is 1. The summed E-state index contributed by atoms with van der Waals surface area (Å²) in [6, 6.07) is 10.0. The van der Waals surface area contributed by atoms with Crippen molar-refractivity contribution in [2.24, 2.45) is 0 Å². The summed E-state index contributed by atoms with van der Waals surface area (Å²) < 4.78 is 12.9. The van der Waals surface area contributed by atoms with Crippen LogP contribution in [0, 0.1) is 5.95 Å². The number of aromatic nitrogens is 1. The Labute approximate surface area is 108 Å². The molecule has 0 bridgehead atoms. The number of carbonyl (C=O) groups excluding carboxylic acids is 1. The molecule has 2 rings (SSSR count).